The molecule has 10 nitrogen and oxygen atoms in total. The van der Waals surface area contributed by atoms with Gasteiger partial charge in [0.25, 0.3) is 5.91 Å². The molecule has 3 aliphatic rings. The molecule has 2 aromatic carbocycles. The predicted molar refractivity (Wildman–Crippen MR) is 181 cm³/mol. The van der Waals surface area contributed by atoms with Crippen LogP contribution in [0.3, 0.4) is 0 Å². The average Bonchev–Trinajstić information content (AvgIpc) is 3.54. The van der Waals surface area contributed by atoms with Crippen molar-refractivity contribution in [2.45, 2.75) is 96.9 Å². The maximum atomic E-state index is 14.4. The number of hydrogen-bond acceptors (Lipinski definition) is 8. The quantitative estimate of drug-likeness (QED) is 0.365. The van der Waals surface area contributed by atoms with E-state index in [-0.39, 0.29) is 49.3 Å². The van der Waals surface area contributed by atoms with Crippen molar-refractivity contribution in [2.75, 3.05) is 45.5 Å². The maximum absolute atomic E-state index is 14.4. The lowest BCUT2D eigenvalue weighted by molar-refractivity contribution is -0.120. The summed E-state index contributed by atoms with van der Waals surface area (Å²) in [6.07, 6.45) is 7.49. The fraction of sp³-hybridized carbons (Fsp3) is 0.622. The van der Waals surface area contributed by atoms with Crippen LogP contribution in [-0.2, 0) is 16.1 Å². The third-order valence-corrected chi connectivity index (χ3v) is 9.68. The minimum Gasteiger partial charge on any atom is -0.490 e. The van der Waals surface area contributed by atoms with Crippen molar-refractivity contribution in [1.82, 2.24) is 9.80 Å². The molecular weight excluding hydrogens is 598 g/mol. The number of aliphatic hydroxyl groups excluding tert-OH is 1. The summed E-state index contributed by atoms with van der Waals surface area (Å²) in [6.45, 7) is 8.41. The normalized spacial score (nSPS) is 23.5. The molecule has 1 saturated carbocycles. The maximum Gasteiger partial charge on any atom is 0.258 e. The second-order valence-electron chi connectivity index (χ2n) is 13.7. The number of likely N-dealkylation sites (N-methyl/N-ethyl adjacent to an activating group) is 1. The number of fused-ring (bicyclic) bond motifs is 2. The van der Waals surface area contributed by atoms with E-state index in [0.717, 1.165) is 62.0 Å². The van der Waals surface area contributed by atoms with Gasteiger partial charge in [-0.05, 0) is 88.9 Å². The van der Waals surface area contributed by atoms with Crippen LogP contribution in [0.15, 0.2) is 36.4 Å². The van der Waals surface area contributed by atoms with E-state index < -0.39 is 6.04 Å². The van der Waals surface area contributed by atoms with E-state index in [2.05, 4.69) is 30.3 Å². The molecule has 0 saturated heterocycles. The SMILES string of the molecule is C[C@H](CO)N1C[C@H](C)[C@H](CN(C)Cc2ccc3c(c2)OCO3)OCCCC[C@H](C)Oc2ccc(NC(=O)C3CCCCC3)cc2C1=O. The molecule has 47 heavy (non-hydrogen) atoms. The van der Waals surface area contributed by atoms with E-state index in [1.54, 1.807) is 17.0 Å². The van der Waals surface area contributed by atoms with Crippen LogP contribution in [0, 0.1) is 11.8 Å². The molecule has 5 rings (SSSR count). The summed E-state index contributed by atoms with van der Waals surface area (Å²) in [5.74, 6) is 1.76. The van der Waals surface area contributed by atoms with Crippen molar-refractivity contribution < 1.29 is 33.6 Å². The topological polar surface area (TPSA) is 110 Å². The Kier molecular flexibility index (Phi) is 12.4. The lowest BCUT2D eigenvalue weighted by atomic mass is 9.88. The Bertz CT molecular complexity index is 1350. The monoisotopic (exact) mass is 651 g/mol. The van der Waals surface area contributed by atoms with Gasteiger partial charge in [-0.25, -0.2) is 0 Å². The van der Waals surface area contributed by atoms with Crippen molar-refractivity contribution in [3.8, 4) is 17.2 Å². The van der Waals surface area contributed by atoms with Crippen molar-refractivity contribution >= 4 is 17.5 Å². The van der Waals surface area contributed by atoms with Crippen molar-refractivity contribution in [3.63, 3.8) is 0 Å². The van der Waals surface area contributed by atoms with Crippen LogP contribution in [-0.4, -0.2) is 85.1 Å². The van der Waals surface area contributed by atoms with Gasteiger partial charge in [-0.3, -0.25) is 14.5 Å². The van der Waals surface area contributed by atoms with E-state index in [9.17, 15) is 14.7 Å². The average molecular weight is 652 g/mol. The molecule has 10 heteroatoms. The van der Waals surface area contributed by atoms with Gasteiger partial charge in [0.15, 0.2) is 11.5 Å². The molecule has 0 spiro atoms. The fourth-order valence-electron chi connectivity index (χ4n) is 6.79. The summed E-state index contributed by atoms with van der Waals surface area (Å²) in [5.41, 5.74) is 2.09. The van der Waals surface area contributed by atoms with Gasteiger partial charge >= 0.3 is 0 Å². The van der Waals surface area contributed by atoms with Crippen molar-refractivity contribution in [2.24, 2.45) is 11.8 Å². The highest BCUT2D eigenvalue weighted by atomic mass is 16.7. The van der Waals surface area contributed by atoms with Gasteiger partial charge in [0, 0.05) is 43.8 Å². The summed E-state index contributed by atoms with van der Waals surface area (Å²) >= 11 is 0. The first-order valence-corrected chi connectivity index (χ1v) is 17.4. The van der Waals surface area contributed by atoms with Crippen LogP contribution in [0.2, 0.25) is 0 Å². The van der Waals surface area contributed by atoms with Crippen molar-refractivity contribution in [1.29, 1.82) is 0 Å². The molecule has 0 aromatic heterocycles. The largest absolute Gasteiger partial charge is 0.490 e. The molecule has 2 aromatic rings. The molecule has 0 radical (unpaired) electrons. The number of aliphatic hydroxyl groups is 1. The van der Waals surface area contributed by atoms with Crippen LogP contribution in [0.5, 0.6) is 17.2 Å². The van der Waals surface area contributed by atoms with Gasteiger partial charge in [-0.1, -0.05) is 32.3 Å². The summed E-state index contributed by atoms with van der Waals surface area (Å²) < 4.78 is 23.9. The molecule has 2 aliphatic heterocycles. The Hall–Kier alpha value is -3.34. The van der Waals surface area contributed by atoms with Gasteiger partial charge in [0.05, 0.1) is 30.4 Å². The Morgan fingerprint density at radius 1 is 1.00 bits per heavy atom. The second kappa shape index (κ2) is 16.7. The van der Waals surface area contributed by atoms with Gasteiger partial charge in [-0.15, -0.1) is 0 Å². The summed E-state index contributed by atoms with van der Waals surface area (Å²) in [7, 11) is 2.07. The van der Waals surface area contributed by atoms with Crippen LogP contribution < -0.4 is 19.5 Å². The molecule has 4 atom stereocenters. The number of hydrogen-bond donors (Lipinski definition) is 2. The molecular formula is C37H53N3O7. The number of nitrogens with zero attached hydrogens (tertiary/aromatic N) is 2. The molecule has 1 aliphatic carbocycles. The number of rotatable bonds is 8. The first-order valence-electron chi connectivity index (χ1n) is 17.4. The highest BCUT2D eigenvalue weighted by molar-refractivity contribution is 6.00. The van der Waals surface area contributed by atoms with Crippen LogP contribution in [0.25, 0.3) is 0 Å². The zero-order chi connectivity index (χ0) is 33.3. The Labute approximate surface area is 279 Å². The molecule has 0 bridgehead atoms. The zero-order valence-electron chi connectivity index (χ0n) is 28.5. The number of benzene rings is 2. The van der Waals surface area contributed by atoms with E-state index in [0.29, 0.717) is 43.2 Å². The number of carbonyl (C=O) groups excluding carboxylic acids is 2. The zero-order valence-corrected chi connectivity index (χ0v) is 28.5. The molecule has 2 heterocycles. The molecule has 2 amide bonds. The third kappa shape index (κ3) is 9.39. The second-order valence-corrected chi connectivity index (χ2v) is 13.7. The number of anilines is 1. The predicted octanol–water partition coefficient (Wildman–Crippen LogP) is 5.86. The Balaban J connectivity index is 1.36. The van der Waals surface area contributed by atoms with Crippen LogP contribution >= 0.6 is 0 Å². The lowest BCUT2D eigenvalue weighted by Crippen LogP contribution is -2.47. The number of nitrogens with one attached hydrogen (secondary N) is 1. The van der Waals surface area contributed by atoms with E-state index in [1.165, 1.54) is 6.42 Å². The highest BCUT2D eigenvalue weighted by Gasteiger charge is 2.31. The first-order chi connectivity index (χ1) is 22.7. The third-order valence-electron chi connectivity index (χ3n) is 9.68. The van der Waals surface area contributed by atoms with Crippen molar-refractivity contribution in [3.05, 3.63) is 47.5 Å². The van der Waals surface area contributed by atoms with Gasteiger partial charge in [0.2, 0.25) is 12.7 Å². The smallest absolute Gasteiger partial charge is 0.258 e. The minimum absolute atomic E-state index is 0.00346. The van der Waals surface area contributed by atoms with E-state index in [1.807, 2.05) is 32.0 Å². The molecule has 0 unspecified atom stereocenters. The number of carbonyl (C=O) groups is 2. The minimum atomic E-state index is -0.435. The van der Waals surface area contributed by atoms with E-state index >= 15 is 0 Å². The standard InChI is InChI=1S/C37H53N3O7/c1-25-20-40(26(2)23-41)37(43)31-19-30(38-36(42)29-11-6-5-7-12-29)14-16-32(31)47-27(3)10-8-9-17-44-35(25)22-39(4)21-28-13-15-33-34(18-28)46-24-45-33/h13-16,18-19,25-27,29,35,41H,5-12,17,20-24H2,1-4H3,(H,38,42)/t25-,26+,27-,35-/m0/s1. The number of ether oxygens (including phenoxy) is 4. The lowest BCUT2D eigenvalue weighted by Gasteiger charge is -2.36. The molecule has 2 N–H and O–H groups in total. The summed E-state index contributed by atoms with van der Waals surface area (Å²) in [6, 6.07) is 11.0. The van der Waals surface area contributed by atoms with Crippen LogP contribution in [0.4, 0.5) is 5.69 Å². The summed E-state index contributed by atoms with van der Waals surface area (Å²) in [5, 5.41) is 13.3. The van der Waals surface area contributed by atoms with Gasteiger partial charge in [0.1, 0.15) is 5.75 Å². The summed E-state index contributed by atoms with van der Waals surface area (Å²) in [4.78, 5) is 31.5. The Morgan fingerprint density at radius 2 is 1.74 bits per heavy atom. The van der Waals surface area contributed by atoms with Crippen LogP contribution in [0.1, 0.15) is 88.1 Å². The molecule has 1 fully saturated rings. The number of amides is 2. The fourth-order valence-corrected chi connectivity index (χ4v) is 6.79. The molecule has 258 valence electrons. The van der Waals surface area contributed by atoms with Gasteiger partial charge in [-0.2, -0.15) is 0 Å². The Morgan fingerprint density at radius 3 is 2.53 bits per heavy atom. The first kappa shape index (κ1) is 35.0. The highest BCUT2D eigenvalue weighted by Crippen LogP contribution is 2.33. The van der Waals surface area contributed by atoms with Gasteiger partial charge < -0.3 is 34.3 Å². The van der Waals surface area contributed by atoms with E-state index in [4.69, 9.17) is 18.9 Å².